The molecule has 1 saturated heterocycles. The molecular formula is C5H15BN3NaO. The second-order valence-electron chi connectivity index (χ2n) is 2.08. The summed E-state index contributed by atoms with van der Waals surface area (Å²) < 4.78 is 0. The Balaban J connectivity index is 0. The molecule has 0 bridgehead atoms. The third-order valence-corrected chi connectivity index (χ3v) is 1.43. The molecule has 11 heavy (non-hydrogen) atoms. The van der Waals surface area contributed by atoms with Crippen molar-refractivity contribution < 1.29 is 34.4 Å². The van der Waals surface area contributed by atoms with E-state index in [2.05, 4.69) is 5.32 Å². The van der Waals surface area contributed by atoms with E-state index in [1.165, 1.54) is 0 Å². The molecule has 2 amide bonds. The Kier molecular flexibility index (Phi) is 8.78. The van der Waals surface area contributed by atoms with Crippen molar-refractivity contribution in [1.82, 2.24) is 10.2 Å². The van der Waals surface area contributed by atoms with Gasteiger partial charge < -0.3 is 16.0 Å². The summed E-state index contributed by atoms with van der Waals surface area (Å²) in [5, 5.41) is 3.12. The Morgan fingerprint density at radius 1 is 1.36 bits per heavy atom. The van der Waals surface area contributed by atoms with E-state index in [9.17, 15) is 4.79 Å². The molecule has 0 aliphatic carbocycles. The zero-order valence-electron chi connectivity index (χ0n) is 6.26. The molecule has 60 valence electrons. The summed E-state index contributed by atoms with van der Waals surface area (Å²) in [6.45, 7) is 3.22. The van der Waals surface area contributed by atoms with Gasteiger partial charge in [-0.05, 0) is 0 Å². The van der Waals surface area contributed by atoms with Crippen LogP contribution in [0.3, 0.4) is 0 Å². The molecule has 0 atom stereocenters. The smallest absolute Gasteiger partial charge is 0.351 e. The predicted molar refractivity (Wildman–Crippen MR) is 45.4 cm³/mol. The Morgan fingerprint density at radius 3 is 2.09 bits per heavy atom. The van der Waals surface area contributed by atoms with Gasteiger partial charge in [0.25, 0.3) is 0 Å². The molecule has 6 heteroatoms. The Labute approximate surface area is 90.7 Å². The van der Waals surface area contributed by atoms with Crippen molar-refractivity contribution in [2.24, 2.45) is 5.73 Å². The number of rotatable bonds is 0. The van der Waals surface area contributed by atoms with Crippen molar-refractivity contribution in [2.75, 3.05) is 26.2 Å². The molecule has 1 aliphatic rings. The molecule has 1 fully saturated rings. The number of carbonyl (C=O) groups excluding carboxylic acids is 1. The average molecular weight is 167 g/mol. The first-order valence-corrected chi connectivity index (χ1v) is 3.06. The van der Waals surface area contributed by atoms with E-state index >= 15 is 0 Å². The van der Waals surface area contributed by atoms with Crippen molar-refractivity contribution in [1.29, 1.82) is 0 Å². The van der Waals surface area contributed by atoms with E-state index in [-0.39, 0.29) is 44.0 Å². The van der Waals surface area contributed by atoms with Crippen molar-refractivity contribution >= 4 is 14.4 Å². The molecule has 0 aromatic heterocycles. The maximum atomic E-state index is 10.5. The largest absolute Gasteiger partial charge is 1.00 e. The van der Waals surface area contributed by atoms with Crippen molar-refractivity contribution in [3.05, 3.63) is 0 Å². The van der Waals surface area contributed by atoms with Gasteiger partial charge in [0.05, 0.1) is 0 Å². The van der Waals surface area contributed by atoms with Crippen LogP contribution in [0.4, 0.5) is 4.79 Å². The van der Waals surface area contributed by atoms with Gasteiger partial charge in [0.15, 0.2) is 0 Å². The van der Waals surface area contributed by atoms with Crippen LogP contribution in [-0.4, -0.2) is 45.5 Å². The van der Waals surface area contributed by atoms with Crippen molar-refractivity contribution in [3.8, 4) is 0 Å². The number of amides is 2. The van der Waals surface area contributed by atoms with Gasteiger partial charge in [0.1, 0.15) is 0 Å². The molecule has 0 saturated carbocycles. The van der Waals surface area contributed by atoms with Gasteiger partial charge in [0.2, 0.25) is 0 Å². The first-order chi connectivity index (χ1) is 4.30. The molecule has 1 rings (SSSR count). The third-order valence-electron chi connectivity index (χ3n) is 1.43. The van der Waals surface area contributed by atoms with Crippen molar-refractivity contribution in [2.45, 2.75) is 0 Å². The summed E-state index contributed by atoms with van der Waals surface area (Å²) in [5.74, 6) is 0. The molecule has 1 aliphatic heterocycles. The zero-order chi connectivity index (χ0) is 6.69. The SMILES string of the molecule is NC(=O)N1CCNCC1.[BH4-].[Na+]. The van der Waals surface area contributed by atoms with Gasteiger partial charge in [-0.2, -0.15) is 0 Å². The summed E-state index contributed by atoms with van der Waals surface area (Å²) in [6.07, 6.45) is 0. The number of hydrogen-bond acceptors (Lipinski definition) is 2. The van der Waals surface area contributed by atoms with Gasteiger partial charge >= 0.3 is 35.6 Å². The van der Waals surface area contributed by atoms with Gasteiger partial charge in [-0.15, -0.1) is 0 Å². The van der Waals surface area contributed by atoms with Gasteiger partial charge in [-0.1, -0.05) is 8.41 Å². The maximum Gasteiger partial charge on any atom is 1.00 e. The maximum absolute atomic E-state index is 10.5. The first-order valence-electron chi connectivity index (χ1n) is 3.06. The number of piperazine rings is 1. The van der Waals surface area contributed by atoms with Gasteiger partial charge in [0, 0.05) is 26.2 Å². The zero-order valence-corrected chi connectivity index (χ0v) is 8.26. The number of carbonyl (C=O) groups is 1. The van der Waals surface area contributed by atoms with Crippen LogP contribution >= 0.6 is 0 Å². The summed E-state index contributed by atoms with van der Waals surface area (Å²) in [6, 6.07) is -0.309. The second kappa shape index (κ2) is 6.97. The molecule has 0 spiro atoms. The molecule has 3 N–H and O–H groups in total. The van der Waals surface area contributed by atoms with E-state index in [1.807, 2.05) is 0 Å². The molecule has 0 radical (unpaired) electrons. The van der Waals surface area contributed by atoms with Crippen LogP contribution in [0, 0.1) is 0 Å². The molecule has 0 aromatic rings. The second-order valence-corrected chi connectivity index (χ2v) is 2.08. The quantitative estimate of drug-likeness (QED) is 0.353. The normalized spacial score (nSPS) is 16.2. The van der Waals surface area contributed by atoms with Crippen molar-refractivity contribution in [3.63, 3.8) is 0 Å². The minimum absolute atomic E-state index is 0. The number of nitrogens with two attached hydrogens (primary N) is 1. The first kappa shape index (κ1) is 13.9. The number of primary amides is 1. The van der Waals surface area contributed by atoms with Crippen LogP contribution in [-0.2, 0) is 0 Å². The van der Waals surface area contributed by atoms with Crippen LogP contribution in [0.15, 0.2) is 0 Å². The predicted octanol–water partition coefficient (Wildman–Crippen LogP) is -5.48. The van der Waals surface area contributed by atoms with Gasteiger partial charge in [-0.3, -0.25) is 0 Å². The van der Waals surface area contributed by atoms with Crippen LogP contribution in [0.25, 0.3) is 0 Å². The minimum atomic E-state index is -0.309. The van der Waals surface area contributed by atoms with E-state index < -0.39 is 0 Å². The van der Waals surface area contributed by atoms with E-state index in [0.717, 1.165) is 26.2 Å². The van der Waals surface area contributed by atoms with Crippen LogP contribution in [0.5, 0.6) is 0 Å². The number of nitrogens with one attached hydrogen (secondary N) is 1. The summed E-state index contributed by atoms with van der Waals surface area (Å²) in [4.78, 5) is 12.1. The Hall–Kier alpha value is 0.295. The van der Waals surface area contributed by atoms with E-state index in [1.54, 1.807) is 4.90 Å². The van der Waals surface area contributed by atoms with Crippen LogP contribution in [0.2, 0.25) is 0 Å². The Bertz CT molecular complexity index is 118. The number of urea groups is 1. The average Bonchev–Trinajstić information content (AvgIpc) is 1.90. The van der Waals surface area contributed by atoms with Crippen LogP contribution < -0.4 is 40.6 Å². The molecule has 0 aromatic carbocycles. The summed E-state index contributed by atoms with van der Waals surface area (Å²) >= 11 is 0. The molecule has 0 unspecified atom stereocenters. The van der Waals surface area contributed by atoms with E-state index in [4.69, 9.17) is 5.73 Å². The third kappa shape index (κ3) is 4.69. The minimum Gasteiger partial charge on any atom is -0.351 e. The fourth-order valence-electron chi connectivity index (χ4n) is 0.885. The Morgan fingerprint density at radius 2 is 1.82 bits per heavy atom. The number of nitrogens with zero attached hydrogens (tertiary/aromatic N) is 1. The molecular weight excluding hydrogens is 152 g/mol. The molecule has 4 nitrogen and oxygen atoms in total. The summed E-state index contributed by atoms with van der Waals surface area (Å²) in [7, 11) is 0. The fraction of sp³-hybridized carbons (Fsp3) is 0.800. The fourth-order valence-corrected chi connectivity index (χ4v) is 0.885. The number of hydrogen-bond donors (Lipinski definition) is 2. The topological polar surface area (TPSA) is 58.4 Å². The van der Waals surface area contributed by atoms with E-state index in [0.29, 0.717) is 0 Å². The summed E-state index contributed by atoms with van der Waals surface area (Å²) in [5.41, 5.74) is 5.03. The standard InChI is InChI=1S/C5H11N3O.BH4.Na/c6-5(9)8-3-1-7-2-4-8;;/h7H,1-4H2,(H2,6,9);1H4;/q;-1;+1. The monoisotopic (exact) mass is 167 g/mol. The van der Waals surface area contributed by atoms with Gasteiger partial charge in [-0.25, -0.2) is 4.79 Å². The molecule has 1 heterocycles. The van der Waals surface area contributed by atoms with Crippen LogP contribution in [0.1, 0.15) is 0 Å².